The molecule has 2 fully saturated rings. The number of carbonyl (C=O) groups is 1. The lowest BCUT2D eigenvalue weighted by Crippen LogP contribution is -2.45. The van der Waals surface area contributed by atoms with Gasteiger partial charge >= 0.3 is 22.0 Å². The number of ether oxygens (including phenoxy) is 1. The first-order valence-electron chi connectivity index (χ1n) is 12.6. The van der Waals surface area contributed by atoms with E-state index in [1.165, 1.54) is 0 Å². The average Bonchev–Trinajstić information content (AvgIpc) is 3.17. The monoisotopic (exact) mass is 564 g/mol. The first-order valence-corrected chi connectivity index (χ1v) is 15.3. The molecule has 2 aromatic rings. The van der Waals surface area contributed by atoms with Gasteiger partial charge in [-0.05, 0) is 34.1 Å². The van der Waals surface area contributed by atoms with Crippen molar-refractivity contribution in [2.75, 3.05) is 26.4 Å². The fourth-order valence-corrected chi connectivity index (χ4v) is 6.99. The molecule has 9 nitrogen and oxygen atoms in total. The van der Waals surface area contributed by atoms with Gasteiger partial charge in [0.25, 0.3) is 0 Å². The molecule has 3 heterocycles. The number of rotatable bonds is 3. The van der Waals surface area contributed by atoms with E-state index in [4.69, 9.17) is 27.4 Å². The molecule has 5 rings (SSSR count). The van der Waals surface area contributed by atoms with Crippen LogP contribution in [0.3, 0.4) is 0 Å². The highest BCUT2D eigenvalue weighted by atomic mass is 31.2. The summed E-state index contributed by atoms with van der Waals surface area (Å²) in [5, 5.41) is 0. The fraction of sp³-hybridized carbons (Fsp3) is 0.519. The lowest BCUT2D eigenvalue weighted by atomic mass is 9.81. The molecule has 2 saturated heterocycles. The van der Waals surface area contributed by atoms with E-state index in [0.717, 1.165) is 16.7 Å². The summed E-state index contributed by atoms with van der Waals surface area (Å²) in [5.41, 5.74) is 2.22. The number of phosphoric ester groups is 1. The lowest BCUT2D eigenvalue weighted by Gasteiger charge is -2.40. The third-order valence-electron chi connectivity index (χ3n) is 7.08. The zero-order valence-electron chi connectivity index (χ0n) is 22.5. The predicted molar refractivity (Wildman–Crippen MR) is 141 cm³/mol. The highest BCUT2D eigenvalue weighted by Crippen LogP contribution is 2.57. The van der Waals surface area contributed by atoms with E-state index in [1.54, 1.807) is 6.07 Å². The minimum absolute atomic E-state index is 0.0158. The van der Waals surface area contributed by atoms with Crippen LogP contribution in [0.2, 0.25) is 0 Å². The van der Waals surface area contributed by atoms with Crippen molar-refractivity contribution in [1.29, 1.82) is 0 Å². The number of hydrogen-bond donors (Lipinski definition) is 0. The molecular formula is C27H34O9P2. The van der Waals surface area contributed by atoms with Gasteiger partial charge in [0.1, 0.15) is 17.4 Å². The van der Waals surface area contributed by atoms with Crippen LogP contribution in [0.15, 0.2) is 36.4 Å². The molecule has 3 aliphatic rings. The molecule has 2 aromatic carbocycles. The molecule has 0 aromatic heterocycles. The molecule has 206 valence electrons. The topological polar surface area (TPSA) is 107 Å². The summed E-state index contributed by atoms with van der Waals surface area (Å²) in [7, 11) is -6.56. The largest absolute Gasteiger partial charge is 0.530 e. The minimum atomic E-state index is -4.04. The third-order valence-corrected chi connectivity index (χ3v) is 9.15. The number of fused-ring (bicyclic) bond motifs is 1. The maximum absolute atomic E-state index is 13.5. The van der Waals surface area contributed by atoms with Crippen molar-refractivity contribution in [3.63, 3.8) is 0 Å². The number of hydrogen-bond acceptors (Lipinski definition) is 9. The molecule has 0 radical (unpaired) electrons. The van der Waals surface area contributed by atoms with E-state index in [9.17, 15) is 13.9 Å². The molecular weight excluding hydrogens is 530 g/mol. The smallest absolute Gasteiger partial charge is 0.425 e. The zero-order valence-corrected chi connectivity index (χ0v) is 24.4. The molecule has 0 bridgehead atoms. The van der Waals surface area contributed by atoms with Gasteiger partial charge in [-0.3, -0.25) is 18.4 Å². The number of esters is 1. The normalized spacial score (nSPS) is 29.7. The van der Waals surface area contributed by atoms with Gasteiger partial charge in [0, 0.05) is 11.1 Å². The second-order valence-electron chi connectivity index (χ2n) is 12.3. The van der Waals surface area contributed by atoms with Crippen molar-refractivity contribution in [3.05, 3.63) is 58.7 Å². The van der Waals surface area contributed by atoms with Crippen molar-refractivity contribution in [2.24, 2.45) is 5.41 Å². The van der Waals surface area contributed by atoms with Crippen LogP contribution < -0.4 is 9.26 Å². The highest BCUT2D eigenvalue weighted by molar-refractivity contribution is 7.49. The average molecular weight is 565 g/mol. The Morgan fingerprint density at radius 1 is 0.868 bits per heavy atom. The fourth-order valence-electron chi connectivity index (χ4n) is 4.60. The Hall–Kier alpha value is -1.99. The molecule has 0 saturated carbocycles. The molecule has 1 atom stereocenters. The van der Waals surface area contributed by atoms with Gasteiger partial charge in [-0.1, -0.05) is 65.8 Å². The first kappa shape index (κ1) is 27.6. The Labute approximate surface area is 223 Å². The standard InChI is InChI=1S/C27H34O9P2/c1-25(2,3)17-7-9-21-19(11-17)23(24(28)35-21)20-12-18(26(4,5)6)8-10-22(20)36-38(30)33-15-27(16-34-38)13-31-37(29)32-14-27/h7-12,23,37H,13-16H2,1-6H3. The van der Waals surface area contributed by atoms with Crippen molar-refractivity contribution in [3.8, 4) is 11.5 Å². The third kappa shape index (κ3) is 5.38. The van der Waals surface area contributed by atoms with Gasteiger partial charge in [0.2, 0.25) is 0 Å². The Morgan fingerprint density at radius 3 is 2.00 bits per heavy atom. The van der Waals surface area contributed by atoms with E-state index < -0.39 is 33.4 Å². The summed E-state index contributed by atoms with van der Waals surface area (Å²) in [4.78, 5) is 13.2. The van der Waals surface area contributed by atoms with Crippen LogP contribution in [0.4, 0.5) is 0 Å². The molecule has 3 aliphatic heterocycles. The van der Waals surface area contributed by atoms with Gasteiger partial charge in [0.15, 0.2) is 0 Å². The van der Waals surface area contributed by atoms with Gasteiger partial charge in [-0.2, -0.15) is 0 Å². The van der Waals surface area contributed by atoms with Crippen molar-refractivity contribution < 1.29 is 41.3 Å². The van der Waals surface area contributed by atoms with Crippen LogP contribution in [-0.4, -0.2) is 32.4 Å². The van der Waals surface area contributed by atoms with Gasteiger partial charge in [-0.25, -0.2) is 4.57 Å². The highest BCUT2D eigenvalue weighted by Gasteiger charge is 2.48. The van der Waals surface area contributed by atoms with Crippen molar-refractivity contribution in [2.45, 2.75) is 58.3 Å². The molecule has 11 heteroatoms. The number of phosphoric acid groups is 1. The van der Waals surface area contributed by atoms with Crippen LogP contribution in [0.1, 0.15) is 69.7 Å². The quantitative estimate of drug-likeness (QED) is 0.242. The van der Waals surface area contributed by atoms with E-state index in [-0.39, 0.29) is 43.0 Å². The van der Waals surface area contributed by atoms with Gasteiger partial charge in [-0.15, -0.1) is 0 Å². The molecule has 0 aliphatic carbocycles. The van der Waals surface area contributed by atoms with E-state index >= 15 is 0 Å². The van der Waals surface area contributed by atoms with E-state index in [1.807, 2.05) is 30.3 Å². The maximum atomic E-state index is 13.5. The number of carbonyl (C=O) groups excluding carboxylic acids is 1. The van der Waals surface area contributed by atoms with E-state index in [2.05, 4.69) is 41.5 Å². The number of benzene rings is 2. The molecule has 0 amide bonds. The zero-order chi connectivity index (χ0) is 27.5. The Kier molecular flexibility index (Phi) is 6.95. The molecule has 1 unspecified atom stereocenters. The van der Waals surface area contributed by atoms with Crippen molar-refractivity contribution in [1.82, 2.24) is 0 Å². The van der Waals surface area contributed by atoms with Crippen molar-refractivity contribution >= 4 is 22.0 Å². The summed E-state index contributed by atoms with van der Waals surface area (Å²) >= 11 is 0. The van der Waals surface area contributed by atoms with Crippen LogP contribution in [0.5, 0.6) is 11.5 Å². The molecule has 1 spiro atoms. The first-order chi connectivity index (χ1) is 17.7. The molecule has 38 heavy (non-hydrogen) atoms. The van der Waals surface area contributed by atoms with Gasteiger partial charge in [0.05, 0.1) is 31.8 Å². The second-order valence-corrected chi connectivity index (χ2v) is 14.9. The summed E-state index contributed by atoms with van der Waals surface area (Å²) in [6.07, 6.45) is 0. The molecule has 0 N–H and O–H groups in total. The lowest BCUT2D eigenvalue weighted by molar-refractivity contribution is -0.133. The summed E-state index contributed by atoms with van der Waals surface area (Å²) < 4.78 is 58.1. The SMILES string of the molecule is CC(C)(C)c1ccc2c(c1)C(c1cc(C(C)(C)C)ccc1OP1(=O)OCC3(CO[PH](=O)OC3)CO1)C(=O)O2. The Bertz CT molecular complexity index is 1320. The van der Waals surface area contributed by atoms with Crippen LogP contribution in [0, 0.1) is 5.41 Å². The Balaban J connectivity index is 1.50. The Morgan fingerprint density at radius 2 is 1.42 bits per heavy atom. The minimum Gasteiger partial charge on any atom is -0.425 e. The van der Waals surface area contributed by atoms with Crippen LogP contribution in [0.25, 0.3) is 0 Å². The summed E-state index contributed by atoms with van der Waals surface area (Å²) in [6.45, 7) is 12.7. The predicted octanol–water partition coefficient (Wildman–Crippen LogP) is 6.29. The van der Waals surface area contributed by atoms with E-state index in [0.29, 0.717) is 11.3 Å². The maximum Gasteiger partial charge on any atom is 0.530 e. The van der Waals surface area contributed by atoms with Crippen LogP contribution >= 0.6 is 16.1 Å². The second kappa shape index (κ2) is 9.58. The van der Waals surface area contributed by atoms with Crippen LogP contribution in [-0.2, 0) is 42.8 Å². The summed E-state index contributed by atoms with van der Waals surface area (Å²) in [5.74, 6) is -0.494. The van der Waals surface area contributed by atoms with Gasteiger partial charge < -0.3 is 18.3 Å². The summed E-state index contributed by atoms with van der Waals surface area (Å²) in [6, 6.07) is 11.3.